The number of hydrogen-bond donors (Lipinski definition) is 2. The summed E-state index contributed by atoms with van der Waals surface area (Å²) in [5, 5.41) is 2.27. The minimum absolute atomic E-state index is 0.120. The maximum atomic E-state index is 13.4. The van der Waals surface area contributed by atoms with Crippen LogP contribution in [0, 0.1) is 11.8 Å². The van der Waals surface area contributed by atoms with E-state index in [1.807, 2.05) is 0 Å². The van der Waals surface area contributed by atoms with Crippen LogP contribution < -0.4 is 11.1 Å². The van der Waals surface area contributed by atoms with Gasteiger partial charge in [-0.1, -0.05) is 27.7 Å². The minimum atomic E-state index is -3.27. The molecule has 0 aromatic carbocycles. The molecule has 180 valence electrons. The number of rotatable bonds is 12. The van der Waals surface area contributed by atoms with Gasteiger partial charge >= 0.3 is 24.0 Å². The standard InChI is InChI=1S/C19H32F2N2O8/c1-10(2)14(24)28-12(5)30-17(26)19(22,16(20)21)8-7-9-23-18(27)31-13(6)29-15(25)11(3)4/h10-13,16H,7-9,22H2,1-6H3,(H,23,27). The molecule has 0 rings (SSSR count). The van der Waals surface area contributed by atoms with Gasteiger partial charge in [0.15, 0.2) is 5.54 Å². The quantitative estimate of drug-likeness (QED) is 0.257. The Bertz CT molecular complexity index is 630. The van der Waals surface area contributed by atoms with E-state index >= 15 is 0 Å². The lowest BCUT2D eigenvalue weighted by atomic mass is 9.95. The molecule has 0 aromatic rings. The van der Waals surface area contributed by atoms with Crippen molar-refractivity contribution in [1.29, 1.82) is 0 Å². The molecule has 0 aliphatic heterocycles. The molecule has 0 heterocycles. The molecule has 0 radical (unpaired) electrons. The molecule has 0 spiro atoms. The zero-order valence-corrected chi connectivity index (χ0v) is 18.6. The van der Waals surface area contributed by atoms with Gasteiger partial charge in [-0.2, -0.15) is 0 Å². The predicted molar refractivity (Wildman–Crippen MR) is 104 cm³/mol. The summed E-state index contributed by atoms with van der Waals surface area (Å²) in [6, 6.07) is 0. The molecule has 0 aliphatic rings. The second-order valence-electron chi connectivity index (χ2n) is 7.50. The molecular formula is C19H32F2N2O8. The molecule has 12 heteroatoms. The summed E-state index contributed by atoms with van der Waals surface area (Å²) in [4.78, 5) is 46.7. The van der Waals surface area contributed by atoms with E-state index in [0.29, 0.717) is 0 Å². The van der Waals surface area contributed by atoms with Gasteiger partial charge in [0.05, 0.1) is 11.8 Å². The van der Waals surface area contributed by atoms with Gasteiger partial charge in [-0.05, 0) is 12.8 Å². The molecule has 3 unspecified atom stereocenters. The van der Waals surface area contributed by atoms with Crippen LogP contribution in [0.5, 0.6) is 0 Å². The van der Waals surface area contributed by atoms with Gasteiger partial charge in [-0.15, -0.1) is 0 Å². The molecule has 0 saturated carbocycles. The summed E-state index contributed by atoms with van der Waals surface area (Å²) in [6.45, 7) is 8.71. The third-order valence-corrected chi connectivity index (χ3v) is 3.86. The van der Waals surface area contributed by atoms with Crippen molar-refractivity contribution in [3.05, 3.63) is 0 Å². The first-order valence-electron chi connectivity index (χ1n) is 9.84. The van der Waals surface area contributed by atoms with Crippen LogP contribution in [-0.2, 0) is 33.3 Å². The smallest absolute Gasteiger partial charge is 0.410 e. The van der Waals surface area contributed by atoms with Gasteiger partial charge < -0.3 is 30.0 Å². The van der Waals surface area contributed by atoms with Gasteiger partial charge in [-0.25, -0.2) is 18.4 Å². The summed E-state index contributed by atoms with van der Waals surface area (Å²) in [6.07, 6.45) is -7.41. The average Bonchev–Trinajstić information content (AvgIpc) is 2.63. The number of carbonyl (C=O) groups excluding carboxylic acids is 4. The lowest BCUT2D eigenvalue weighted by molar-refractivity contribution is -0.194. The topological polar surface area (TPSA) is 143 Å². The number of hydrogen-bond acceptors (Lipinski definition) is 9. The van der Waals surface area contributed by atoms with E-state index in [4.69, 9.17) is 24.7 Å². The first-order valence-corrected chi connectivity index (χ1v) is 9.84. The molecule has 0 aromatic heterocycles. The van der Waals surface area contributed by atoms with Crippen LogP contribution >= 0.6 is 0 Å². The van der Waals surface area contributed by atoms with Crippen molar-refractivity contribution in [2.45, 2.75) is 78.9 Å². The zero-order valence-electron chi connectivity index (χ0n) is 18.6. The lowest BCUT2D eigenvalue weighted by Crippen LogP contribution is -2.56. The van der Waals surface area contributed by atoms with E-state index in [-0.39, 0.29) is 13.0 Å². The Labute approximate surface area is 180 Å². The Hall–Kier alpha value is -2.50. The number of amides is 1. The van der Waals surface area contributed by atoms with Crippen LogP contribution in [0.1, 0.15) is 54.4 Å². The number of esters is 3. The molecule has 0 saturated heterocycles. The van der Waals surface area contributed by atoms with E-state index in [1.54, 1.807) is 27.7 Å². The number of carbonyl (C=O) groups is 4. The summed E-state index contributed by atoms with van der Waals surface area (Å²) in [5.41, 5.74) is 2.87. The van der Waals surface area contributed by atoms with E-state index in [0.717, 1.165) is 0 Å². The van der Waals surface area contributed by atoms with Gasteiger partial charge in [0.25, 0.3) is 6.43 Å². The Kier molecular flexibility index (Phi) is 12.0. The van der Waals surface area contributed by atoms with Crippen molar-refractivity contribution in [3.63, 3.8) is 0 Å². The first kappa shape index (κ1) is 28.5. The van der Waals surface area contributed by atoms with Crippen LogP contribution in [0.4, 0.5) is 13.6 Å². The third kappa shape index (κ3) is 10.4. The number of halogens is 2. The monoisotopic (exact) mass is 454 g/mol. The van der Waals surface area contributed by atoms with Crippen molar-refractivity contribution in [2.24, 2.45) is 17.6 Å². The highest BCUT2D eigenvalue weighted by Crippen LogP contribution is 2.22. The molecule has 10 nitrogen and oxygen atoms in total. The molecule has 31 heavy (non-hydrogen) atoms. The predicted octanol–water partition coefficient (Wildman–Crippen LogP) is 2.09. The van der Waals surface area contributed by atoms with Crippen molar-refractivity contribution >= 4 is 24.0 Å². The van der Waals surface area contributed by atoms with E-state index < -0.39 is 66.8 Å². The van der Waals surface area contributed by atoms with E-state index in [1.165, 1.54) is 13.8 Å². The Morgan fingerprint density at radius 1 is 0.839 bits per heavy atom. The Balaban J connectivity index is 4.57. The molecule has 3 N–H and O–H groups in total. The molecular weight excluding hydrogens is 422 g/mol. The van der Waals surface area contributed by atoms with Gasteiger partial charge in [-0.3, -0.25) is 9.59 Å². The van der Waals surface area contributed by atoms with Crippen LogP contribution in [0.2, 0.25) is 0 Å². The van der Waals surface area contributed by atoms with Crippen LogP contribution in [0.3, 0.4) is 0 Å². The number of nitrogens with one attached hydrogen (secondary N) is 1. The fraction of sp³-hybridized carbons (Fsp3) is 0.789. The van der Waals surface area contributed by atoms with Crippen molar-refractivity contribution in [3.8, 4) is 0 Å². The van der Waals surface area contributed by atoms with Crippen LogP contribution in [-0.4, -0.2) is 55.1 Å². The number of nitrogens with two attached hydrogens (primary N) is 1. The highest BCUT2D eigenvalue weighted by Gasteiger charge is 2.45. The number of ether oxygens (including phenoxy) is 4. The third-order valence-electron chi connectivity index (χ3n) is 3.86. The van der Waals surface area contributed by atoms with E-state index in [2.05, 4.69) is 5.32 Å². The summed E-state index contributed by atoms with van der Waals surface area (Å²) in [7, 11) is 0. The molecule has 1 amide bonds. The summed E-state index contributed by atoms with van der Waals surface area (Å²) in [5.74, 6) is -3.57. The largest absolute Gasteiger partial charge is 0.425 e. The SMILES string of the molecule is CC(OC(=O)NCCCC(N)(C(=O)OC(C)OC(=O)C(C)C)C(F)F)OC(=O)C(C)C. The van der Waals surface area contributed by atoms with E-state index in [9.17, 15) is 28.0 Å². The van der Waals surface area contributed by atoms with Gasteiger partial charge in [0, 0.05) is 20.4 Å². The van der Waals surface area contributed by atoms with Crippen molar-refractivity contribution < 1.29 is 46.9 Å². The van der Waals surface area contributed by atoms with Gasteiger partial charge in [0.2, 0.25) is 12.6 Å². The lowest BCUT2D eigenvalue weighted by Gasteiger charge is -2.28. The number of alkyl halides is 2. The van der Waals surface area contributed by atoms with Crippen LogP contribution in [0.15, 0.2) is 0 Å². The average molecular weight is 454 g/mol. The van der Waals surface area contributed by atoms with Crippen LogP contribution in [0.25, 0.3) is 0 Å². The van der Waals surface area contributed by atoms with Gasteiger partial charge in [0.1, 0.15) is 0 Å². The summed E-state index contributed by atoms with van der Waals surface area (Å²) >= 11 is 0. The normalized spacial score (nSPS) is 15.1. The maximum Gasteiger partial charge on any atom is 0.410 e. The molecule has 3 atom stereocenters. The highest BCUT2D eigenvalue weighted by molar-refractivity contribution is 5.81. The minimum Gasteiger partial charge on any atom is -0.425 e. The highest BCUT2D eigenvalue weighted by atomic mass is 19.3. The fourth-order valence-electron chi connectivity index (χ4n) is 1.97. The van der Waals surface area contributed by atoms with Crippen molar-refractivity contribution in [2.75, 3.05) is 6.54 Å². The first-order chi connectivity index (χ1) is 14.2. The van der Waals surface area contributed by atoms with Crippen molar-refractivity contribution in [1.82, 2.24) is 5.32 Å². The summed E-state index contributed by atoms with van der Waals surface area (Å²) < 4.78 is 46.0. The molecule has 0 fully saturated rings. The molecule has 0 aliphatic carbocycles. The maximum absolute atomic E-state index is 13.4. The molecule has 0 bridgehead atoms. The number of alkyl carbamates (subject to hydrolysis) is 1. The fourth-order valence-corrected chi connectivity index (χ4v) is 1.97. The Morgan fingerprint density at radius 3 is 1.71 bits per heavy atom. The second kappa shape index (κ2) is 13.0. The second-order valence-corrected chi connectivity index (χ2v) is 7.50. The Morgan fingerprint density at radius 2 is 1.29 bits per heavy atom. The zero-order chi connectivity index (χ0) is 24.4.